The molecule has 98 valence electrons. The molecule has 5 heteroatoms. The zero-order valence-corrected chi connectivity index (χ0v) is 10.6. The number of carbonyl (C=O) groups is 2. The molecule has 1 aromatic carbocycles. The van der Waals surface area contributed by atoms with Gasteiger partial charge in [0.2, 0.25) is 0 Å². The summed E-state index contributed by atoms with van der Waals surface area (Å²) in [5, 5.41) is 11.5. The van der Waals surface area contributed by atoms with Crippen LogP contribution in [0.2, 0.25) is 0 Å². The quantitative estimate of drug-likeness (QED) is 0.839. The smallest absolute Gasteiger partial charge is 0.323 e. The fourth-order valence-electron chi connectivity index (χ4n) is 1.47. The van der Waals surface area contributed by atoms with Gasteiger partial charge in [-0.15, -0.1) is 0 Å². The van der Waals surface area contributed by atoms with Crippen LogP contribution in [0.25, 0.3) is 0 Å². The van der Waals surface area contributed by atoms with Crippen molar-refractivity contribution in [1.29, 1.82) is 0 Å². The van der Waals surface area contributed by atoms with Crippen LogP contribution in [0.5, 0.6) is 0 Å². The highest BCUT2D eigenvalue weighted by atomic mass is 16.4. The topological polar surface area (TPSA) is 69.6 Å². The lowest BCUT2D eigenvalue weighted by Crippen LogP contribution is -2.43. The highest BCUT2D eigenvalue weighted by molar-refractivity contribution is 5.96. The Morgan fingerprint density at radius 1 is 1.28 bits per heavy atom. The van der Waals surface area contributed by atoms with E-state index in [1.807, 2.05) is 26.0 Å². The zero-order chi connectivity index (χ0) is 13.5. The van der Waals surface area contributed by atoms with Crippen LogP contribution in [0.4, 0.5) is 10.5 Å². The fourth-order valence-corrected chi connectivity index (χ4v) is 1.47. The number of hydrogen-bond acceptors (Lipinski definition) is 2. The second-order valence-electron chi connectivity index (χ2n) is 4.05. The van der Waals surface area contributed by atoms with Gasteiger partial charge in [-0.1, -0.05) is 24.6 Å². The monoisotopic (exact) mass is 250 g/mol. The van der Waals surface area contributed by atoms with Crippen LogP contribution in [0.15, 0.2) is 24.3 Å². The molecule has 0 bridgehead atoms. The number of urea groups is 1. The summed E-state index contributed by atoms with van der Waals surface area (Å²) in [6.45, 7) is 4.05. The Kier molecular flexibility index (Phi) is 5.17. The van der Waals surface area contributed by atoms with Crippen LogP contribution in [0.3, 0.4) is 0 Å². The molecule has 0 aliphatic carbocycles. The minimum absolute atomic E-state index is 0.349. The highest BCUT2D eigenvalue weighted by Crippen LogP contribution is 2.15. The molecule has 0 atom stereocenters. The lowest BCUT2D eigenvalue weighted by Gasteiger charge is -2.21. The molecular formula is C13H18N2O3. The third-order valence-corrected chi connectivity index (χ3v) is 2.41. The van der Waals surface area contributed by atoms with Crippen molar-refractivity contribution in [2.24, 2.45) is 0 Å². The molecule has 0 saturated heterocycles. The summed E-state index contributed by atoms with van der Waals surface area (Å²) in [7, 11) is 0. The van der Waals surface area contributed by atoms with Crippen molar-refractivity contribution in [1.82, 2.24) is 5.32 Å². The molecule has 0 aromatic heterocycles. The number of nitrogens with zero attached hydrogens (tertiary/aromatic N) is 1. The zero-order valence-electron chi connectivity index (χ0n) is 10.6. The van der Waals surface area contributed by atoms with Gasteiger partial charge in [0.15, 0.2) is 0 Å². The van der Waals surface area contributed by atoms with Crippen molar-refractivity contribution >= 4 is 17.7 Å². The molecule has 0 spiro atoms. The van der Waals surface area contributed by atoms with E-state index in [4.69, 9.17) is 5.11 Å². The van der Waals surface area contributed by atoms with Gasteiger partial charge >= 0.3 is 12.0 Å². The van der Waals surface area contributed by atoms with E-state index in [0.29, 0.717) is 12.2 Å². The molecule has 1 rings (SSSR count). The van der Waals surface area contributed by atoms with Gasteiger partial charge in [-0.3, -0.25) is 9.69 Å². The predicted molar refractivity (Wildman–Crippen MR) is 69.9 cm³/mol. The Morgan fingerprint density at radius 2 is 1.89 bits per heavy atom. The summed E-state index contributed by atoms with van der Waals surface area (Å²) in [5.41, 5.74) is 1.64. The number of aryl methyl sites for hydroxylation is 1. The lowest BCUT2D eigenvalue weighted by atomic mass is 10.2. The third-order valence-electron chi connectivity index (χ3n) is 2.41. The number of benzene rings is 1. The molecule has 2 amide bonds. The molecular weight excluding hydrogens is 232 g/mol. The maximum Gasteiger partial charge on any atom is 0.323 e. The Balaban J connectivity index is 2.86. The van der Waals surface area contributed by atoms with Crippen LogP contribution in [0.1, 0.15) is 18.9 Å². The van der Waals surface area contributed by atoms with Crippen molar-refractivity contribution in [3.63, 3.8) is 0 Å². The fraction of sp³-hybridized carbons (Fsp3) is 0.385. The average Bonchev–Trinajstić information content (AvgIpc) is 2.34. The van der Waals surface area contributed by atoms with Crippen LogP contribution in [-0.4, -0.2) is 30.2 Å². The number of carboxylic acid groups (broad SMARTS) is 1. The number of amides is 2. The van der Waals surface area contributed by atoms with Crippen LogP contribution >= 0.6 is 0 Å². The number of hydrogen-bond donors (Lipinski definition) is 2. The van der Waals surface area contributed by atoms with E-state index in [9.17, 15) is 9.59 Å². The van der Waals surface area contributed by atoms with Gasteiger partial charge in [0.1, 0.15) is 6.54 Å². The molecule has 2 N–H and O–H groups in total. The van der Waals surface area contributed by atoms with Gasteiger partial charge in [0.05, 0.1) is 0 Å². The molecule has 0 saturated carbocycles. The standard InChI is InChI=1S/C13H18N2O3/c1-3-8-14-13(18)15(9-12(16)17)11-6-4-10(2)5-7-11/h4-7H,3,8-9H2,1-2H3,(H,14,18)(H,16,17). The summed E-state index contributed by atoms with van der Waals surface area (Å²) in [5.74, 6) is -1.04. The minimum atomic E-state index is -1.04. The van der Waals surface area contributed by atoms with E-state index in [-0.39, 0.29) is 12.6 Å². The Morgan fingerprint density at radius 3 is 2.39 bits per heavy atom. The molecule has 18 heavy (non-hydrogen) atoms. The van der Waals surface area contributed by atoms with E-state index in [1.54, 1.807) is 12.1 Å². The van der Waals surface area contributed by atoms with E-state index in [1.165, 1.54) is 4.90 Å². The predicted octanol–water partition coefficient (Wildman–Crippen LogP) is 2.01. The van der Waals surface area contributed by atoms with Gasteiger partial charge in [-0.05, 0) is 25.5 Å². The van der Waals surface area contributed by atoms with Gasteiger partial charge in [-0.2, -0.15) is 0 Å². The molecule has 0 unspecified atom stereocenters. The third kappa shape index (κ3) is 4.08. The number of nitrogens with one attached hydrogen (secondary N) is 1. The largest absolute Gasteiger partial charge is 0.480 e. The van der Waals surface area contributed by atoms with Crippen LogP contribution in [0, 0.1) is 6.92 Å². The SMILES string of the molecule is CCCNC(=O)N(CC(=O)O)c1ccc(C)cc1. The Bertz CT molecular complexity index is 415. The van der Waals surface area contributed by atoms with Crippen molar-refractivity contribution in [2.45, 2.75) is 20.3 Å². The van der Waals surface area contributed by atoms with Gasteiger partial charge < -0.3 is 10.4 Å². The number of aliphatic carboxylic acids is 1. The van der Waals surface area contributed by atoms with Gasteiger partial charge in [0, 0.05) is 12.2 Å². The summed E-state index contributed by atoms with van der Waals surface area (Å²) in [6, 6.07) is 6.78. The van der Waals surface area contributed by atoms with Gasteiger partial charge in [-0.25, -0.2) is 4.79 Å². The summed E-state index contributed by atoms with van der Waals surface area (Å²) in [6.07, 6.45) is 0.806. The van der Waals surface area contributed by atoms with Crippen molar-refractivity contribution < 1.29 is 14.7 Å². The summed E-state index contributed by atoms with van der Waals surface area (Å²) >= 11 is 0. The number of anilines is 1. The highest BCUT2D eigenvalue weighted by Gasteiger charge is 2.17. The van der Waals surface area contributed by atoms with E-state index in [2.05, 4.69) is 5.32 Å². The number of carbonyl (C=O) groups excluding carboxylic acids is 1. The summed E-state index contributed by atoms with van der Waals surface area (Å²) in [4.78, 5) is 23.9. The molecule has 0 aliphatic heterocycles. The maximum absolute atomic E-state index is 11.9. The first kappa shape index (κ1) is 14.0. The first-order valence-electron chi connectivity index (χ1n) is 5.88. The first-order chi connectivity index (χ1) is 8.54. The van der Waals surface area contributed by atoms with Crippen LogP contribution < -0.4 is 10.2 Å². The Hall–Kier alpha value is -2.04. The molecule has 5 nitrogen and oxygen atoms in total. The van der Waals surface area contributed by atoms with E-state index in [0.717, 1.165) is 12.0 Å². The second-order valence-corrected chi connectivity index (χ2v) is 4.05. The van der Waals surface area contributed by atoms with Crippen molar-refractivity contribution in [2.75, 3.05) is 18.0 Å². The molecule has 0 aliphatic rings. The van der Waals surface area contributed by atoms with Gasteiger partial charge in [0.25, 0.3) is 0 Å². The second kappa shape index (κ2) is 6.64. The van der Waals surface area contributed by atoms with E-state index >= 15 is 0 Å². The normalized spacial score (nSPS) is 9.89. The number of rotatable bonds is 5. The molecule has 0 radical (unpaired) electrons. The first-order valence-corrected chi connectivity index (χ1v) is 5.88. The van der Waals surface area contributed by atoms with Crippen molar-refractivity contribution in [3.05, 3.63) is 29.8 Å². The maximum atomic E-state index is 11.9. The molecule has 0 heterocycles. The Labute approximate surface area is 106 Å². The molecule has 0 fully saturated rings. The lowest BCUT2D eigenvalue weighted by molar-refractivity contribution is -0.135. The summed E-state index contributed by atoms with van der Waals surface area (Å²) < 4.78 is 0. The van der Waals surface area contributed by atoms with Crippen LogP contribution in [-0.2, 0) is 4.79 Å². The number of carboxylic acids is 1. The average molecular weight is 250 g/mol. The molecule has 1 aromatic rings. The van der Waals surface area contributed by atoms with E-state index < -0.39 is 5.97 Å². The van der Waals surface area contributed by atoms with Crippen molar-refractivity contribution in [3.8, 4) is 0 Å². The minimum Gasteiger partial charge on any atom is -0.480 e.